The minimum Gasteiger partial charge on any atom is -0.494 e. The minimum absolute atomic E-state index is 0.101. The fourth-order valence-corrected chi connectivity index (χ4v) is 3.19. The third-order valence-corrected chi connectivity index (χ3v) is 4.71. The number of carbonyl (C=O) groups excluding carboxylic acids is 1. The highest BCUT2D eigenvalue weighted by Gasteiger charge is 2.22. The predicted molar refractivity (Wildman–Crippen MR) is 110 cm³/mol. The van der Waals surface area contributed by atoms with Gasteiger partial charge in [0, 0.05) is 50.3 Å². The first-order chi connectivity index (χ1) is 14.2. The van der Waals surface area contributed by atoms with Gasteiger partial charge >= 0.3 is 6.03 Å². The van der Waals surface area contributed by atoms with Gasteiger partial charge in [0.1, 0.15) is 30.0 Å². The third kappa shape index (κ3) is 4.45. The summed E-state index contributed by atoms with van der Waals surface area (Å²) in [7, 11) is 0. The summed E-state index contributed by atoms with van der Waals surface area (Å²) >= 11 is 0. The van der Waals surface area contributed by atoms with Crippen LogP contribution in [0.15, 0.2) is 55.4 Å². The lowest BCUT2D eigenvalue weighted by atomic mass is 10.3. The lowest BCUT2D eigenvalue weighted by Crippen LogP contribution is -2.50. The summed E-state index contributed by atoms with van der Waals surface area (Å²) in [5.74, 6) is 2.40. The molecule has 2 aromatic heterocycles. The molecule has 0 bridgehead atoms. The van der Waals surface area contributed by atoms with E-state index in [0.717, 1.165) is 23.1 Å². The summed E-state index contributed by atoms with van der Waals surface area (Å²) in [4.78, 5) is 29.2. The molecule has 2 amide bonds. The molecule has 0 unspecified atom stereocenters. The Hall–Kier alpha value is -3.62. The summed E-state index contributed by atoms with van der Waals surface area (Å²) in [5, 5.41) is 2.94. The van der Waals surface area contributed by atoms with Crippen molar-refractivity contribution in [2.24, 2.45) is 0 Å². The maximum absolute atomic E-state index is 12.6. The molecule has 1 N–H and O–H groups in total. The Morgan fingerprint density at radius 3 is 2.55 bits per heavy atom. The average molecular weight is 393 g/mol. The Kier molecular flexibility index (Phi) is 5.55. The van der Waals surface area contributed by atoms with Crippen molar-refractivity contribution < 1.29 is 9.53 Å². The van der Waals surface area contributed by atoms with Crippen molar-refractivity contribution in [1.29, 1.82) is 0 Å². The van der Waals surface area contributed by atoms with Crippen LogP contribution < -0.4 is 15.0 Å². The quantitative estimate of drug-likeness (QED) is 0.716. The molecule has 3 heterocycles. The molecule has 1 fully saturated rings. The molecule has 3 aromatic rings. The van der Waals surface area contributed by atoms with Gasteiger partial charge in [-0.05, 0) is 31.2 Å². The SMILES string of the molecule is CCOc1ccc(NC(=O)N2CCN(c3cc(-n4ccnc4)ncn3)CC2)cc1. The number of nitrogens with one attached hydrogen (secondary N) is 1. The number of anilines is 2. The highest BCUT2D eigenvalue weighted by Crippen LogP contribution is 2.18. The van der Waals surface area contributed by atoms with Crippen LogP contribution in [0.25, 0.3) is 5.82 Å². The highest BCUT2D eigenvalue weighted by atomic mass is 16.5. The summed E-state index contributed by atoms with van der Waals surface area (Å²) in [6.45, 7) is 5.20. The van der Waals surface area contributed by atoms with E-state index < -0.39 is 0 Å². The largest absolute Gasteiger partial charge is 0.494 e. The Bertz CT molecular complexity index is 936. The Morgan fingerprint density at radius 1 is 1.10 bits per heavy atom. The first-order valence-corrected chi connectivity index (χ1v) is 9.57. The molecule has 1 aliphatic heterocycles. The second-order valence-corrected chi connectivity index (χ2v) is 6.57. The highest BCUT2D eigenvalue weighted by molar-refractivity contribution is 5.89. The molecule has 4 rings (SSSR count). The summed E-state index contributed by atoms with van der Waals surface area (Å²) in [6, 6.07) is 9.22. The van der Waals surface area contributed by atoms with Gasteiger partial charge in [0.25, 0.3) is 0 Å². The van der Waals surface area contributed by atoms with Crippen molar-refractivity contribution >= 4 is 17.5 Å². The number of rotatable bonds is 5. The van der Waals surface area contributed by atoms with E-state index in [9.17, 15) is 4.79 Å². The maximum atomic E-state index is 12.6. The maximum Gasteiger partial charge on any atom is 0.321 e. The van der Waals surface area contributed by atoms with Gasteiger partial charge in [0.05, 0.1) is 6.61 Å². The van der Waals surface area contributed by atoms with E-state index in [4.69, 9.17) is 4.74 Å². The molecule has 0 saturated carbocycles. The monoisotopic (exact) mass is 393 g/mol. The number of aromatic nitrogens is 4. The normalized spacial score (nSPS) is 14.0. The van der Waals surface area contributed by atoms with Gasteiger partial charge in [-0.15, -0.1) is 0 Å². The molecule has 1 aliphatic rings. The first kappa shape index (κ1) is 18.7. The number of piperazine rings is 1. The van der Waals surface area contributed by atoms with E-state index in [1.165, 1.54) is 0 Å². The van der Waals surface area contributed by atoms with Crippen LogP contribution >= 0.6 is 0 Å². The standard InChI is InChI=1S/C20H23N7O2/c1-2-29-17-5-3-16(4-6-17)24-20(28)26-11-9-25(10-12-26)18-13-19(23-14-22-18)27-8-7-21-15-27/h3-8,13-15H,2,9-12H2,1H3,(H,24,28). The van der Waals surface area contributed by atoms with Gasteiger partial charge in [-0.3, -0.25) is 4.57 Å². The number of urea groups is 1. The molecule has 0 radical (unpaired) electrons. The topological polar surface area (TPSA) is 88.4 Å². The van der Waals surface area contributed by atoms with Crippen LogP contribution in [0.2, 0.25) is 0 Å². The lowest BCUT2D eigenvalue weighted by Gasteiger charge is -2.35. The van der Waals surface area contributed by atoms with Crippen LogP contribution in [-0.4, -0.2) is 63.2 Å². The molecule has 1 saturated heterocycles. The second-order valence-electron chi connectivity index (χ2n) is 6.57. The van der Waals surface area contributed by atoms with Crippen molar-refractivity contribution in [3.05, 3.63) is 55.4 Å². The number of hydrogen-bond acceptors (Lipinski definition) is 6. The van der Waals surface area contributed by atoms with Gasteiger partial charge in [-0.1, -0.05) is 0 Å². The van der Waals surface area contributed by atoms with Crippen molar-refractivity contribution in [3.8, 4) is 11.6 Å². The fraction of sp³-hybridized carbons (Fsp3) is 0.300. The Labute approximate surface area is 169 Å². The second kappa shape index (κ2) is 8.59. The van der Waals surface area contributed by atoms with Crippen LogP contribution in [0, 0.1) is 0 Å². The van der Waals surface area contributed by atoms with E-state index in [2.05, 4.69) is 25.2 Å². The lowest BCUT2D eigenvalue weighted by molar-refractivity contribution is 0.208. The van der Waals surface area contributed by atoms with Gasteiger partial charge < -0.3 is 19.9 Å². The third-order valence-electron chi connectivity index (χ3n) is 4.71. The summed E-state index contributed by atoms with van der Waals surface area (Å²) in [6.07, 6.45) is 6.81. The molecular weight excluding hydrogens is 370 g/mol. The molecular formula is C20H23N7O2. The molecule has 0 spiro atoms. The van der Waals surface area contributed by atoms with Crippen molar-refractivity contribution in [2.45, 2.75) is 6.92 Å². The number of hydrogen-bond donors (Lipinski definition) is 1. The number of amides is 2. The summed E-state index contributed by atoms with van der Waals surface area (Å²) < 4.78 is 7.26. The van der Waals surface area contributed by atoms with Gasteiger partial charge in [0.15, 0.2) is 0 Å². The zero-order valence-electron chi connectivity index (χ0n) is 16.2. The van der Waals surface area contributed by atoms with Crippen LogP contribution in [-0.2, 0) is 0 Å². The Balaban J connectivity index is 1.33. The molecule has 29 heavy (non-hydrogen) atoms. The van der Waals surface area contributed by atoms with Crippen LogP contribution in [0.3, 0.4) is 0 Å². The molecule has 0 aliphatic carbocycles. The van der Waals surface area contributed by atoms with Crippen molar-refractivity contribution in [1.82, 2.24) is 24.4 Å². The molecule has 150 valence electrons. The van der Waals surface area contributed by atoms with Gasteiger partial charge in [-0.2, -0.15) is 0 Å². The smallest absolute Gasteiger partial charge is 0.321 e. The fourth-order valence-electron chi connectivity index (χ4n) is 3.19. The average Bonchev–Trinajstić information content (AvgIpc) is 3.31. The zero-order valence-corrected chi connectivity index (χ0v) is 16.2. The molecule has 9 nitrogen and oxygen atoms in total. The minimum atomic E-state index is -0.101. The van der Waals surface area contributed by atoms with Crippen LogP contribution in [0.1, 0.15) is 6.92 Å². The number of ether oxygens (including phenoxy) is 1. The molecule has 9 heteroatoms. The van der Waals surface area contributed by atoms with Crippen LogP contribution in [0.4, 0.5) is 16.3 Å². The number of imidazole rings is 1. The Morgan fingerprint density at radius 2 is 1.86 bits per heavy atom. The van der Waals surface area contributed by atoms with Crippen molar-refractivity contribution in [2.75, 3.05) is 43.0 Å². The zero-order chi connectivity index (χ0) is 20.1. The van der Waals surface area contributed by atoms with E-state index in [0.29, 0.717) is 32.8 Å². The summed E-state index contributed by atoms with van der Waals surface area (Å²) in [5.41, 5.74) is 0.752. The van der Waals surface area contributed by atoms with Gasteiger partial charge in [0.2, 0.25) is 0 Å². The van der Waals surface area contributed by atoms with Crippen molar-refractivity contribution in [3.63, 3.8) is 0 Å². The van der Waals surface area contributed by atoms with E-state index in [1.54, 1.807) is 18.9 Å². The molecule has 1 aromatic carbocycles. The molecule has 0 atom stereocenters. The van der Waals surface area contributed by atoms with Crippen LogP contribution in [0.5, 0.6) is 5.75 Å². The van der Waals surface area contributed by atoms with E-state index >= 15 is 0 Å². The number of benzene rings is 1. The van der Waals surface area contributed by atoms with E-state index in [1.807, 2.05) is 52.9 Å². The number of carbonyl (C=O) groups is 1. The predicted octanol–water partition coefficient (Wildman–Crippen LogP) is 2.42. The van der Waals surface area contributed by atoms with Gasteiger partial charge in [-0.25, -0.2) is 19.7 Å². The van der Waals surface area contributed by atoms with E-state index in [-0.39, 0.29) is 6.03 Å². The number of nitrogens with zero attached hydrogens (tertiary/aromatic N) is 6. The first-order valence-electron chi connectivity index (χ1n) is 9.57.